The number of hydrogen-bond acceptors (Lipinski definition) is 5. The van der Waals surface area contributed by atoms with Gasteiger partial charge in [-0.25, -0.2) is 4.98 Å². The van der Waals surface area contributed by atoms with Gasteiger partial charge < -0.3 is 9.88 Å². The molecule has 6 nitrogen and oxygen atoms in total. The van der Waals surface area contributed by atoms with Crippen LogP contribution >= 0.6 is 22.9 Å². The lowest BCUT2D eigenvalue weighted by Gasteiger charge is -2.48. The number of benzene rings is 1. The minimum atomic E-state index is -0.00547. The van der Waals surface area contributed by atoms with Gasteiger partial charge in [-0.2, -0.15) is 0 Å². The van der Waals surface area contributed by atoms with Gasteiger partial charge in [0, 0.05) is 79.2 Å². The number of halogens is 1. The van der Waals surface area contributed by atoms with Crippen LogP contribution in [0.15, 0.2) is 37.2 Å². The van der Waals surface area contributed by atoms with E-state index in [-0.39, 0.29) is 5.91 Å². The van der Waals surface area contributed by atoms with Gasteiger partial charge in [0.15, 0.2) is 5.82 Å². The quantitative estimate of drug-likeness (QED) is 0.632. The van der Waals surface area contributed by atoms with Crippen LogP contribution in [0.2, 0.25) is 5.02 Å². The van der Waals surface area contributed by atoms with Crippen LogP contribution in [0.3, 0.4) is 0 Å². The molecule has 1 amide bonds. The van der Waals surface area contributed by atoms with Crippen molar-refractivity contribution in [2.45, 2.75) is 19.5 Å². The first-order chi connectivity index (χ1) is 15.0. The smallest absolute Gasteiger partial charge is 0.289 e. The fourth-order valence-corrected chi connectivity index (χ4v) is 5.99. The van der Waals surface area contributed by atoms with E-state index in [1.165, 1.54) is 15.1 Å². The number of nitrogens with zero attached hydrogens (tertiary/aromatic N) is 4. The van der Waals surface area contributed by atoms with Gasteiger partial charge in [-0.1, -0.05) is 35.9 Å². The van der Waals surface area contributed by atoms with Crippen LogP contribution in [0, 0.1) is 0 Å². The molecule has 0 bridgehead atoms. The lowest BCUT2D eigenvalue weighted by atomic mass is 10.1. The number of nitrogens with one attached hydrogen (secondary N) is 1. The second kappa shape index (κ2) is 8.39. The molecule has 4 heterocycles. The third kappa shape index (κ3) is 4.03. The van der Waals surface area contributed by atoms with E-state index >= 15 is 0 Å². The normalized spacial score (nSPS) is 18.5. The van der Waals surface area contributed by atoms with Crippen molar-refractivity contribution in [2.24, 2.45) is 0 Å². The number of aromatic amines is 1. The molecule has 0 saturated carbocycles. The highest BCUT2D eigenvalue weighted by molar-refractivity contribution is 7.19. The number of H-pyrrole nitrogens is 1. The monoisotopic (exact) mass is 455 g/mol. The van der Waals surface area contributed by atoms with Gasteiger partial charge in [0.25, 0.3) is 5.91 Å². The van der Waals surface area contributed by atoms with Crippen LogP contribution in [-0.2, 0) is 6.54 Å². The highest BCUT2D eigenvalue weighted by Crippen LogP contribution is 2.38. The summed E-state index contributed by atoms with van der Waals surface area (Å²) in [6.45, 7) is 12.4. The Morgan fingerprint density at radius 3 is 2.74 bits per heavy atom. The van der Waals surface area contributed by atoms with Crippen molar-refractivity contribution < 1.29 is 4.79 Å². The summed E-state index contributed by atoms with van der Waals surface area (Å²) < 4.78 is 1.23. The summed E-state index contributed by atoms with van der Waals surface area (Å²) in [5, 5.41) is 2.03. The fourth-order valence-electron chi connectivity index (χ4n) is 4.41. The Morgan fingerprint density at radius 1 is 1.29 bits per heavy atom. The van der Waals surface area contributed by atoms with Crippen molar-refractivity contribution in [2.75, 3.05) is 39.3 Å². The Labute approximate surface area is 191 Å². The van der Waals surface area contributed by atoms with Gasteiger partial charge in [-0.15, -0.1) is 11.3 Å². The SMILES string of the molecule is C=C(C)c1ccc2c(Cl)c(CN3CC(N4CCN(C(=O)c5ncc[nH]5)CC4)C3)sc2c1. The molecular formula is C23H26ClN5OS. The van der Waals surface area contributed by atoms with E-state index in [9.17, 15) is 4.79 Å². The van der Waals surface area contributed by atoms with Crippen molar-refractivity contribution in [1.29, 1.82) is 0 Å². The van der Waals surface area contributed by atoms with Crippen LogP contribution in [0.5, 0.6) is 0 Å². The zero-order valence-corrected chi connectivity index (χ0v) is 19.2. The molecular weight excluding hydrogens is 430 g/mol. The number of carbonyl (C=O) groups excluding carboxylic acids is 1. The summed E-state index contributed by atoms with van der Waals surface area (Å²) in [5.74, 6) is 0.424. The molecule has 0 unspecified atom stereocenters. The highest BCUT2D eigenvalue weighted by atomic mass is 35.5. The Kier molecular flexibility index (Phi) is 5.60. The van der Waals surface area contributed by atoms with Crippen LogP contribution in [0.25, 0.3) is 15.7 Å². The Hall–Kier alpha value is -2.19. The Bertz CT molecular complexity index is 1110. The number of hydrogen-bond donors (Lipinski definition) is 1. The predicted molar refractivity (Wildman–Crippen MR) is 127 cm³/mol. The number of amides is 1. The number of carbonyl (C=O) groups is 1. The molecule has 2 aliphatic heterocycles. The predicted octanol–water partition coefficient (Wildman–Crippen LogP) is 3.95. The molecule has 2 aromatic heterocycles. The van der Waals surface area contributed by atoms with E-state index in [0.29, 0.717) is 11.9 Å². The van der Waals surface area contributed by atoms with Gasteiger partial charge in [-0.3, -0.25) is 14.6 Å². The third-order valence-corrected chi connectivity index (χ3v) is 7.99. The van der Waals surface area contributed by atoms with Gasteiger partial charge in [-0.05, 0) is 18.6 Å². The molecule has 0 aliphatic carbocycles. The van der Waals surface area contributed by atoms with Crippen LogP contribution in [0.1, 0.15) is 28.0 Å². The zero-order chi connectivity index (χ0) is 21.5. The Balaban J connectivity index is 1.15. The highest BCUT2D eigenvalue weighted by Gasteiger charge is 2.35. The van der Waals surface area contributed by atoms with Gasteiger partial charge in [0.05, 0.1) is 5.02 Å². The van der Waals surface area contributed by atoms with Crippen LogP contribution < -0.4 is 0 Å². The average molecular weight is 456 g/mol. The lowest BCUT2D eigenvalue weighted by molar-refractivity contribution is 0.00278. The largest absolute Gasteiger partial charge is 0.341 e. The molecule has 1 N–H and O–H groups in total. The molecule has 3 aromatic rings. The summed E-state index contributed by atoms with van der Waals surface area (Å²) in [4.78, 5) is 27.5. The number of fused-ring (bicyclic) bond motifs is 1. The van der Waals surface area contributed by atoms with E-state index in [1.54, 1.807) is 23.7 Å². The van der Waals surface area contributed by atoms with Gasteiger partial charge in [0.1, 0.15) is 0 Å². The topological polar surface area (TPSA) is 55.5 Å². The molecule has 1 aromatic carbocycles. The number of piperazine rings is 1. The Morgan fingerprint density at radius 2 is 2.06 bits per heavy atom. The number of rotatable bonds is 5. The molecule has 8 heteroatoms. The maximum Gasteiger partial charge on any atom is 0.289 e. The second-order valence-corrected chi connectivity index (χ2v) is 9.96. The minimum Gasteiger partial charge on any atom is -0.341 e. The second-order valence-electron chi connectivity index (χ2n) is 8.44. The number of aromatic nitrogens is 2. The first kappa shape index (κ1) is 20.7. The van der Waals surface area contributed by atoms with E-state index < -0.39 is 0 Å². The molecule has 162 valence electrons. The standard InChI is InChI=1S/C23H26ClN5OS/c1-15(2)16-3-4-18-19(11-16)31-20(21(18)24)14-27-12-17(13-27)28-7-9-29(10-8-28)23(30)22-25-5-6-26-22/h3-6,11,17H,1,7-10,12-14H2,2H3,(H,25,26). The fraction of sp³-hybridized carbons (Fsp3) is 0.391. The number of thiophene rings is 1. The van der Waals surface area contributed by atoms with Crippen molar-refractivity contribution in [3.8, 4) is 0 Å². The number of likely N-dealkylation sites (tertiary alicyclic amines) is 1. The van der Waals surface area contributed by atoms with Gasteiger partial charge >= 0.3 is 0 Å². The first-order valence-corrected chi connectivity index (χ1v) is 11.8. The zero-order valence-electron chi connectivity index (χ0n) is 17.6. The van der Waals surface area contributed by atoms with Gasteiger partial charge in [0.2, 0.25) is 0 Å². The maximum atomic E-state index is 12.4. The van der Waals surface area contributed by atoms with Crippen molar-refractivity contribution in [3.05, 3.63) is 58.5 Å². The third-order valence-electron chi connectivity index (χ3n) is 6.31. The van der Waals surface area contributed by atoms with E-state index in [0.717, 1.165) is 61.8 Å². The number of imidazole rings is 1. The molecule has 2 aliphatic rings. The molecule has 0 radical (unpaired) electrons. The van der Waals surface area contributed by atoms with Crippen LogP contribution in [0.4, 0.5) is 0 Å². The van der Waals surface area contributed by atoms with E-state index in [1.807, 2.05) is 11.8 Å². The molecule has 5 rings (SSSR count). The molecule has 2 saturated heterocycles. The average Bonchev–Trinajstić information content (AvgIpc) is 3.38. The molecule has 0 atom stereocenters. The van der Waals surface area contributed by atoms with E-state index in [2.05, 4.69) is 44.5 Å². The van der Waals surface area contributed by atoms with Crippen LogP contribution in [-0.4, -0.2) is 75.9 Å². The summed E-state index contributed by atoms with van der Waals surface area (Å²) in [7, 11) is 0. The summed E-state index contributed by atoms with van der Waals surface area (Å²) in [6.07, 6.45) is 3.31. The summed E-state index contributed by atoms with van der Waals surface area (Å²) >= 11 is 8.48. The summed E-state index contributed by atoms with van der Waals surface area (Å²) in [6, 6.07) is 6.97. The van der Waals surface area contributed by atoms with Crippen molar-refractivity contribution in [3.63, 3.8) is 0 Å². The lowest BCUT2D eigenvalue weighted by Crippen LogP contribution is -2.63. The molecule has 2 fully saturated rings. The van der Waals surface area contributed by atoms with Crippen molar-refractivity contribution >= 4 is 44.5 Å². The van der Waals surface area contributed by atoms with Crippen molar-refractivity contribution in [1.82, 2.24) is 24.7 Å². The summed E-state index contributed by atoms with van der Waals surface area (Å²) in [5.41, 5.74) is 2.25. The first-order valence-electron chi connectivity index (χ1n) is 10.6. The molecule has 31 heavy (non-hydrogen) atoms. The molecule has 0 spiro atoms. The number of allylic oxidation sites excluding steroid dienone is 1. The maximum absolute atomic E-state index is 12.4. The minimum absolute atomic E-state index is 0.00547. The van der Waals surface area contributed by atoms with E-state index in [4.69, 9.17) is 11.6 Å².